The van der Waals surface area contributed by atoms with E-state index in [-0.39, 0.29) is 42.0 Å². The van der Waals surface area contributed by atoms with E-state index in [0.29, 0.717) is 5.92 Å². The predicted molar refractivity (Wildman–Crippen MR) is 73.9 cm³/mol. The summed E-state index contributed by atoms with van der Waals surface area (Å²) in [4.78, 5) is 27.0. The van der Waals surface area contributed by atoms with Gasteiger partial charge < -0.3 is 15.0 Å². The molecule has 1 saturated heterocycles. The summed E-state index contributed by atoms with van der Waals surface area (Å²) < 4.78 is 5.31. The molecule has 1 heterocycles. The maximum absolute atomic E-state index is 12.8. The van der Waals surface area contributed by atoms with Gasteiger partial charge in [-0.15, -0.1) is 0 Å². The summed E-state index contributed by atoms with van der Waals surface area (Å²) in [6, 6.07) is -0.424. The molecule has 2 saturated carbocycles. The highest BCUT2D eigenvalue weighted by Gasteiger charge is 2.51. The molecule has 0 aromatic rings. The van der Waals surface area contributed by atoms with Crippen molar-refractivity contribution < 1.29 is 14.3 Å². The third-order valence-corrected chi connectivity index (χ3v) is 4.91. The monoisotopic (exact) mass is 280 g/mol. The van der Waals surface area contributed by atoms with Gasteiger partial charge in [-0.05, 0) is 37.5 Å². The number of carbonyl (C=O) groups excluding carboxylic acids is 2. The van der Waals surface area contributed by atoms with Crippen LogP contribution < -0.4 is 5.32 Å². The molecule has 3 rings (SSSR count). The second-order valence-electron chi connectivity index (χ2n) is 6.74. The van der Waals surface area contributed by atoms with E-state index in [1.165, 1.54) is 0 Å². The molecule has 5 nitrogen and oxygen atoms in total. The topological polar surface area (TPSA) is 58.6 Å². The Morgan fingerprint density at radius 3 is 2.40 bits per heavy atom. The van der Waals surface area contributed by atoms with Crippen LogP contribution in [-0.4, -0.2) is 48.1 Å². The molecule has 5 heteroatoms. The minimum Gasteiger partial charge on any atom is -0.381 e. The van der Waals surface area contributed by atoms with Gasteiger partial charge in [0.2, 0.25) is 11.8 Å². The highest BCUT2D eigenvalue weighted by atomic mass is 16.5. The van der Waals surface area contributed by atoms with E-state index >= 15 is 0 Å². The van der Waals surface area contributed by atoms with Crippen LogP contribution in [0.1, 0.15) is 39.5 Å². The third kappa shape index (κ3) is 2.22. The average molecular weight is 280 g/mol. The van der Waals surface area contributed by atoms with Crippen LogP contribution in [0.2, 0.25) is 0 Å². The molecule has 0 bridgehead atoms. The van der Waals surface area contributed by atoms with Crippen molar-refractivity contribution >= 4 is 11.8 Å². The summed E-state index contributed by atoms with van der Waals surface area (Å²) in [5, 5.41) is 2.96. The van der Waals surface area contributed by atoms with Crippen molar-refractivity contribution in [2.24, 2.45) is 11.8 Å². The second kappa shape index (κ2) is 5.02. The molecular formula is C15H24N2O3. The van der Waals surface area contributed by atoms with Crippen LogP contribution >= 0.6 is 0 Å². The van der Waals surface area contributed by atoms with Crippen LogP contribution in [0.4, 0.5) is 0 Å². The Balaban J connectivity index is 1.80. The SMILES string of the molecule is COC1CC(N2C(=O)C(C3CC3)NC(=O)C2C(C)C)C1. The maximum Gasteiger partial charge on any atom is 0.246 e. The number of carbonyl (C=O) groups is 2. The smallest absolute Gasteiger partial charge is 0.246 e. The van der Waals surface area contributed by atoms with Crippen molar-refractivity contribution in [2.75, 3.05) is 7.11 Å². The summed E-state index contributed by atoms with van der Waals surface area (Å²) in [6.07, 6.45) is 4.07. The zero-order valence-corrected chi connectivity index (χ0v) is 12.5. The number of hydrogen-bond acceptors (Lipinski definition) is 3. The van der Waals surface area contributed by atoms with Crippen molar-refractivity contribution in [3.05, 3.63) is 0 Å². The van der Waals surface area contributed by atoms with E-state index in [9.17, 15) is 9.59 Å². The minimum atomic E-state index is -0.319. The predicted octanol–water partition coefficient (Wildman–Crippen LogP) is 0.925. The summed E-state index contributed by atoms with van der Waals surface area (Å²) in [6.45, 7) is 4.02. The molecule has 0 aromatic heterocycles. The first kappa shape index (κ1) is 13.9. The lowest BCUT2D eigenvalue weighted by atomic mass is 9.83. The number of rotatable bonds is 4. The second-order valence-corrected chi connectivity index (χ2v) is 6.74. The number of nitrogens with one attached hydrogen (secondary N) is 1. The number of amides is 2. The molecule has 3 fully saturated rings. The zero-order valence-electron chi connectivity index (χ0n) is 12.5. The molecule has 112 valence electrons. The van der Waals surface area contributed by atoms with Gasteiger partial charge in [0.25, 0.3) is 0 Å². The van der Waals surface area contributed by atoms with E-state index in [2.05, 4.69) is 5.32 Å². The first-order chi connectivity index (χ1) is 9.52. The van der Waals surface area contributed by atoms with Crippen molar-refractivity contribution in [1.29, 1.82) is 0 Å². The fourth-order valence-electron chi connectivity index (χ4n) is 3.46. The maximum atomic E-state index is 12.8. The molecule has 1 aliphatic heterocycles. The van der Waals surface area contributed by atoms with Gasteiger partial charge in [0, 0.05) is 13.2 Å². The summed E-state index contributed by atoms with van der Waals surface area (Å²) in [5.74, 6) is 0.656. The number of methoxy groups -OCH3 is 1. The van der Waals surface area contributed by atoms with Crippen molar-refractivity contribution in [2.45, 2.75) is 63.8 Å². The molecule has 0 spiro atoms. The van der Waals surface area contributed by atoms with Crippen molar-refractivity contribution in [1.82, 2.24) is 10.2 Å². The molecule has 2 aliphatic carbocycles. The van der Waals surface area contributed by atoms with E-state index in [1.807, 2.05) is 18.7 Å². The number of ether oxygens (including phenoxy) is 1. The fourth-order valence-corrected chi connectivity index (χ4v) is 3.46. The zero-order chi connectivity index (χ0) is 14.4. The van der Waals surface area contributed by atoms with Crippen LogP contribution in [-0.2, 0) is 14.3 Å². The van der Waals surface area contributed by atoms with Crippen molar-refractivity contribution in [3.63, 3.8) is 0 Å². The standard InChI is InChI=1S/C15H24N2O3/c1-8(2)13-14(18)16-12(9-4-5-9)15(19)17(13)10-6-11(7-10)20-3/h8-13H,4-7H2,1-3H3,(H,16,18). The van der Waals surface area contributed by atoms with Gasteiger partial charge in [-0.3, -0.25) is 9.59 Å². The van der Waals surface area contributed by atoms with E-state index in [1.54, 1.807) is 7.11 Å². The first-order valence-electron chi connectivity index (χ1n) is 7.68. The van der Waals surface area contributed by atoms with Gasteiger partial charge >= 0.3 is 0 Å². The Morgan fingerprint density at radius 1 is 1.25 bits per heavy atom. The van der Waals surface area contributed by atoms with Crippen LogP contribution in [0.3, 0.4) is 0 Å². The molecule has 20 heavy (non-hydrogen) atoms. The number of piperazine rings is 1. The van der Waals surface area contributed by atoms with Crippen molar-refractivity contribution in [3.8, 4) is 0 Å². The lowest BCUT2D eigenvalue weighted by Crippen LogP contribution is -2.69. The molecule has 2 unspecified atom stereocenters. The summed E-state index contributed by atoms with van der Waals surface area (Å²) in [5.41, 5.74) is 0. The van der Waals surface area contributed by atoms with Crippen LogP contribution in [0.15, 0.2) is 0 Å². The molecular weight excluding hydrogens is 256 g/mol. The van der Waals surface area contributed by atoms with Crippen LogP contribution in [0.25, 0.3) is 0 Å². The molecule has 2 amide bonds. The highest BCUT2D eigenvalue weighted by molar-refractivity contribution is 5.97. The Morgan fingerprint density at radius 2 is 1.90 bits per heavy atom. The quantitative estimate of drug-likeness (QED) is 0.833. The molecule has 3 aliphatic rings. The van der Waals surface area contributed by atoms with Gasteiger partial charge in [0.15, 0.2) is 0 Å². The molecule has 1 N–H and O–H groups in total. The summed E-state index contributed by atoms with van der Waals surface area (Å²) >= 11 is 0. The van der Waals surface area contributed by atoms with E-state index < -0.39 is 0 Å². The Hall–Kier alpha value is -1.10. The largest absolute Gasteiger partial charge is 0.381 e. The van der Waals surface area contributed by atoms with Gasteiger partial charge in [-0.1, -0.05) is 13.8 Å². The number of nitrogens with zero attached hydrogens (tertiary/aromatic N) is 1. The van der Waals surface area contributed by atoms with Gasteiger partial charge in [0.05, 0.1) is 6.10 Å². The van der Waals surface area contributed by atoms with E-state index in [4.69, 9.17) is 4.74 Å². The van der Waals surface area contributed by atoms with E-state index in [0.717, 1.165) is 25.7 Å². The number of hydrogen-bond donors (Lipinski definition) is 1. The van der Waals surface area contributed by atoms with Crippen LogP contribution in [0.5, 0.6) is 0 Å². The lowest BCUT2D eigenvalue weighted by molar-refractivity contribution is -0.161. The first-order valence-corrected chi connectivity index (χ1v) is 7.68. The summed E-state index contributed by atoms with van der Waals surface area (Å²) in [7, 11) is 1.71. The highest BCUT2D eigenvalue weighted by Crippen LogP contribution is 2.39. The Kier molecular flexibility index (Phi) is 3.48. The normalized spacial score (nSPS) is 37.9. The minimum absolute atomic E-state index is 0.0253. The van der Waals surface area contributed by atoms with Gasteiger partial charge in [-0.2, -0.15) is 0 Å². The average Bonchev–Trinajstić information content (AvgIpc) is 3.15. The third-order valence-electron chi connectivity index (χ3n) is 4.91. The Bertz CT molecular complexity index is 413. The molecule has 0 aromatic carbocycles. The van der Waals surface area contributed by atoms with Gasteiger partial charge in [0.1, 0.15) is 12.1 Å². The molecule has 2 atom stereocenters. The van der Waals surface area contributed by atoms with Gasteiger partial charge in [-0.25, -0.2) is 0 Å². The Labute approximate surface area is 120 Å². The molecule has 0 radical (unpaired) electrons. The lowest BCUT2D eigenvalue weighted by Gasteiger charge is -2.50. The fraction of sp³-hybridized carbons (Fsp3) is 0.867. The van der Waals surface area contributed by atoms with Crippen LogP contribution in [0, 0.1) is 11.8 Å².